The van der Waals surface area contributed by atoms with E-state index in [4.69, 9.17) is 0 Å². The minimum absolute atomic E-state index is 0.708. The second-order valence-electron chi connectivity index (χ2n) is 3.47. The van der Waals surface area contributed by atoms with Gasteiger partial charge >= 0.3 is 0 Å². The van der Waals surface area contributed by atoms with Gasteiger partial charge in [-0.1, -0.05) is 37.3 Å². The summed E-state index contributed by atoms with van der Waals surface area (Å²) >= 11 is 0. The average Bonchev–Trinajstić information content (AvgIpc) is 2.17. The summed E-state index contributed by atoms with van der Waals surface area (Å²) in [5.41, 5.74) is 0.437. The van der Waals surface area contributed by atoms with Gasteiger partial charge in [-0.25, -0.2) is 0 Å². The van der Waals surface area contributed by atoms with Gasteiger partial charge in [0.1, 0.15) is 5.72 Å². The Morgan fingerprint density at radius 2 is 1.92 bits per heavy atom. The van der Waals surface area contributed by atoms with Gasteiger partial charge in [0.2, 0.25) is 0 Å². The topological polar surface area (TPSA) is 32.3 Å². The van der Waals surface area contributed by atoms with E-state index in [0.717, 1.165) is 0 Å². The molecule has 72 valence electrons. The molecule has 2 N–H and O–H groups in total. The first-order chi connectivity index (χ1) is 6.14. The van der Waals surface area contributed by atoms with Crippen molar-refractivity contribution in [3.8, 4) is 0 Å². The fraction of sp³-hybridized carbons (Fsp3) is 0.455. The van der Waals surface area contributed by atoms with Crippen LogP contribution >= 0.6 is 0 Å². The van der Waals surface area contributed by atoms with Crippen LogP contribution in [-0.2, 0) is 6.54 Å². The Morgan fingerprint density at radius 1 is 1.31 bits per heavy atom. The number of nitrogens with one attached hydrogen (secondary N) is 1. The van der Waals surface area contributed by atoms with E-state index in [2.05, 4.69) is 5.32 Å². The Kier molecular flexibility index (Phi) is 3.46. The summed E-state index contributed by atoms with van der Waals surface area (Å²) in [6.45, 7) is 4.45. The molecule has 0 spiro atoms. The Bertz CT molecular complexity index is 244. The molecule has 1 atom stereocenters. The van der Waals surface area contributed by atoms with Gasteiger partial charge in [0.05, 0.1) is 0 Å². The maximum Gasteiger partial charge on any atom is 0.113 e. The minimum atomic E-state index is -0.754. The zero-order valence-electron chi connectivity index (χ0n) is 8.25. The average molecular weight is 179 g/mol. The predicted octanol–water partition coefficient (Wildman–Crippen LogP) is 1.89. The Balaban J connectivity index is 2.44. The first-order valence-corrected chi connectivity index (χ1v) is 4.65. The highest BCUT2D eigenvalue weighted by molar-refractivity contribution is 5.14. The first-order valence-electron chi connectivity index (χ1n) is 4.65. The van der Waals surface area contributed by atoms with Crippen LogP contribution in [0.15, 0.2) is 30.3 Å². The van der Waals surface area contributed by atoms with Gasteiger partial charge in [-0.15, -0.1) is 0 Å². The quantitative estimate of drug-likeness (QED) is 0.692. The van der Waals surface area contributed by atoms with Crippen LogP contribution in [0.3, 0.4) is 0 Å². The molecule has 1 unspecified atom stereocenters. The Morgan fingerprint density at radius 3 is 2.46 bits per heavy atom. The molecule has 1 rings (SSSR count). The van der Waals surface area contributed by atoms with Gasteiger partial charge in [-0.05, 0) is 18.9 Å². The molecule has 0 radical (unpaired) electrons. The third kappa shape index (κ3) is 3.57. The van der Waals surface area contributed by atoms with Crippen molar-refractivity contribution in [1.29, 1.82) is 0 Å². The summed E-state index contributed by atoms with van der Waals surface area (Å²) in [6.07, 6.45) is 0.708. The molecule has 13 heavy (non-hydrogen) atoms. The van der Waals surface area contributed by atoms with Gasteiger partial charge < -0.3 is 5.11 Å². The molecule has 0 bridgehead atoms. The summed E-state index contributed by atoms with van der Waals surface area (Å²) in [4.78, 5) is 0. The van der Waals surface area contributed by atoms with E-state index in [9.17, 15) is 5.11 Å². The summed E-state index contributed by atoms with van der Waals surface area (Å²) in [5.74, 6) is 0. The molecular weight excluding hydrogens is 162 g/mol. The molecule has 0 aliphatic rings. The maximum atomic E-state index is 9.67. The number of aliphatic hydroxyl groups is 1. The Labute approximate surface area is 79.6 Å². The molecule has 0 amide bonds. The van der Waals surface area contributed by atoms with E-state index in [1.54, 1.807) is 6.92 Å². The van der Waals surface area contributed by atoms with E-state index in [1.807, 2.05) is 37.3 Å². The van der Waals surface area contributed by atoms with Crippen molar-refractivity contribution < 1.29 is 5.11 Å². The van der Waals surface area contributed by atoms with Crippen molar-refractivity contribution in [3.05, 3.63) is 35.9 Å². The highest BCUT2D eigenvalue weighted by atomic mass is 16.3. The zero-order chi connectivity index (χ0) is 9.73. The predicted molar refractivity (Wildman–Crippen MR) is 54.2 cm³/mol. The lowest BCUT2D eigenvalue weighted by atomic mass is 10.1. The monoisotopic (exact) mass is 179 g/mol. The maximum absolute atomic E-state index is 9.67. The van der Waals surface area contributed by atoms with Crippen LogP contribution in [0.5, 0.6) is 0 Å². The molecule has 0 heterocycles. The summed E-state index contributed by atoms with van der Waals surface area (Å²) < 4.78 is 0. The normalized spacial score (nSPS) is 15.3. The van der Waals surface area contributed by atoms with E-state index in [0.29, 0.717) is 13.0 Å². The number of benzene rings is 1. The van der Waals surface area contributed by atoms with Gasteiger partial charge in [0.25, 0.3) is 0 Å². The van der Waals surface area contributed by atoms with Crippen molar-refractivity contribution in [2.24, 2.45) is 0 Å². The van der Waals surface area contributed by atoms with Gasteiger partial charge in [0.15, 0.2) is 0 Å². The fourth-order valence-corrected chi connectivity index (χ4v) is 1.01. The molecule has 0 saturated carbocycles. The summed E-state index contributed by atoms with van der Waals surface area (Å²) in [7, 11) is 0. The lowest BCUT2D eigenvalue weighted by Gasteiger charge is -2.22. The molecule has 2 nitrogen and oxygen atoms in total. The molecule has 1 aromatic carbocycles. The van der Waals surface area contributed by atoms with Crippen LogP contribution in [0.25, 0.3) is 0 Å². The van der Waals surface area contributed by atoms with Crippen LogP contribution in [0, 0.1) is 0 Å². The third-order valence-corrected chi connectivity index (χ3v) is 2.20. The minimum Gasteiger partial charge on any atom is -0.376 e. The van der Waals surface area contributed by atoms with E-state index in [-0.39, 0.29) is 0 Å². The first kappa shape index (κ1) is 10.2. The van der Waals surface area contributed by atoms with Crippen LogP contribution < -0.4 is 5.32 Å². The lowest BCUT2D eigenvalue weighted by Crippen LogP contribution is -2.40. The Hall–Kier alpha value is -0.860. The highest BCUT2D eigenvalue weighted by Gasteiger charge is 2.15. The van der Waals surface area contributed by atoms with Gasteiger partial charge in [-0.3, -0.25) is 5.32 Å². The van der Waals surface area contributed by atoms with Crippen LogP contribution in [-0.4, -0.2) is 10.8 Å². The van der Waals surface area contributed by atoms with E-state index >= 15 is 0 Å². The molecule has 1 aromatic rings. The van der Waals surface area contributed by atoms with Crippen LogP contribution in [0.2, 0.25) is 0 Å². The second-order valence-corrected chi connectivity index (χ2v) is 3.47. The second kappa shape index (κ2) is 4.40. The standard InChI is InChI=1S/C11H17NO/c1-3-11(2,13)12-9-10-7-5-4-6-8-10/h4-8,12-13H,3,9H2,1-2H3. The van der Waals surface area contributed by atoms with Crippen molar-refractivity contribution in [2.45, 2.75) is 32.5 Å². The molecule has 0 aromatic heterocycles. The zero-order valence-corrected chi connectivity index (χ0v) is 8.25. The molecule has 0 aliphatic heterocycles. The fourth-order valence-electron chi connectivity index (χ4n) is 1.01. The van der Waals surface area contributed by atoms with Crippen molar-refractivity contribution in [1.82, 2.24) is 5.32 Å². The highest BCUT2D eigenvalue weighted by Crippen LogP contribution is 2.05. The van der Waals surface area contributed by atoms with Gasteiger partial charge in [-0.2, -0.15) is 0 Å². The van der Waals surface area contributed by atoms with Crippen molar-refractivity contribution in [3.63, 3.8) is 0 Å². The largest absolute Gasteiger partial charge is 0.376 e. The SMILES string of the molecule is CCC(C)(O)NCc1ccccc1. The third-order valence-electron chi connectivity index (χ3n) is 2.20. The molecule has 0 saturated heterocycles. The van der Waals surface area contributed by atoms with Gasteiger partial charge in [0, 0.05) is 6.54 Å². The summed E-state index contributed by atoms with van der Waals surface area (Å²) in [6, 6.07) is 10.1. The lowest BCUT2D eigenvalue weighted by molar-refractivity contribution is 0.0184. The van der Waals surface area contributed by atoms with Crippen molar-refractivity contribution in [2.75, 3.05) is 0 Å². The van der Waals surface area contributed by atoms with E-state index in [1.165, 1.54) is 5.56 Å². The smallest absolute Gasteiger partial charge is 0.113 e. The van der Waals surface area contributed by atoms with Crippen LogP contribution in [0.4, 0.5) is 0 Å². The van der Waals surface area contributed by atoms with E-state index < -0.39 is 5.72 Å². The molecule has 2 heteroatoms. The summed E-state index contributed by atoms with van der Waals surface area (Å²) in [5, 5.41) is 12.8. The van der Waals surface area contributed by atoms with Crippen LogP contribution in [0.1, 0.15) is 25.8 Å². The molecule has 0 fully saturated rings. The molecule has 0 aliphatic carbocycles. The molecular formula is C11H17NO. The number of hydrogen-bond donors (Lipinski definition) is 2. The number of hydrogen-bond acceptors (Lipinski definition) is 2. The number of rotatable bonds is 4. The van der Waals surface area contributed by atoms with Crippen molar-refractivity contribution >= 4 is 0 Å².